The van der Waals surface area contributed by atoms with Gasteiger partial charge < -0.3 is 4.42 Å². The fourth-order valence-corrected chi connectivity index (χ4v) is 2.07. The molecule has 1 N–H and O–H groups in total. The fraction of sp³-hybridized carbons (Fsp3) is 0.182. The minimum Gasteiger partial charge on any atom is -0.469 e. The Balaban J connectivity index is 2.14. The van der Waals surface area contributed by atoms with Crippen molar-refractivity contribution in [1.82, 2.24) is 20.4 Å². The molecule has 86 valence electrons. The van der Waals surface area contributed by atoms with E-state index in [9.17, 15) is 0 Å². The molecule has 0 saturated heterocycles. The molecule has 0 spiro atoms. The topological polar surface area (TPSA) is 67.6 Å². The number of furan rings is 1. The van der Waals surface area contributed by atoms with Crippen molar-refractivity contribution >= 4 is 22.5 Å². The fourth-order valence-electron chi connectivity index (χ4n) is 1.80. The normalized spacial score (nSPS) is 11.2. The first kappa shape index (κ1) is 10.3. The van der Waals surface area contributed by atoms with Crippen LogP contribution < -0.4 is 0 Å². The zero-order valence-electron chi connectivity index (χ0n) is 9.07. The van der Waals surface area contributed by atoms with Crippen molar-refractivity contribution in [2.24, 2.45) is 0 Å². The van der Waals surface area contributed by atoms with Crippen LogP contribution in [0.4, 0.5) is 0 Å². The van der Waals surface area contributed by atoms with E-state index in [-0.39, 0.29) is 0 Å². The maximum absolute atomic E-state index is 6.00. The van der Waals surface area contributed by atoms with Crippen LogP contribution in [0.3, 0.4) is 0 Å². The largest absolute Gasteiger partial charge is 0.469 e. The molecule has 0 aromatic carbocycles. The molecule has 0 atom stereocenters. The van der Waals surface area contributed by atoms with Gasteiger partial charge >= 0.3 is 0 Å². The Kier molecular flexibility index (Phi) is 2.33. The summed E-state index contributed by atoms with van der Waals surface area (Å²) in [5, 5.41) is 16.3. The molecule has 0 radical (unpaired) electrons. The number of nitrogens with zero attached hydrogens (tertiary/aromatic N) is 3. The molecule has 0 aliphatic heterocycles. The highest BCUT2D eigenvalue weighted by molar-refractivity contribution is 6.34. The van der Waals surface area contributed by atoms with E-state index in [4.69, 9.17) is 16.0 Å². The van der Waals surface area contributed by atoms with Crippen molar-refractivity contribution in [1.29, 1.82) is 0 Å². The number of hydrogen-bond donors (Lipinski definition) is 1. The summed E-state index contributed by atoms with van der Waals surface area (Å²) in [6, 6.07) is 3.74. The second-order valence-electron chi connectivity index (χ2n) is 3.75. The lowest BCUT2D eigenvalue weighted by atomic mass is 10.2. The third-order valence-electron chi connectivity index (χ3n) is 2.62. The van der Waals surface area contributed by atoms with Crippen LogP contribution >= 0.6 is 11.6 Å². The maximum Gasteiger partial charge on any atom is 0.162 e. The van der Waals surface area contributed by atoms with E-state index in [0.29, 0.717) is 11.6 Å². The first-order valence-corrected chi connectivity index (χ1v) is 5.51. The van der Waals surface area contributed by atoms with Crippen LogP contribution in [0.25, 0.3) is 10.9 Å². The molecule has 6 heteroatoms. The number of fused-ring (bicyclic) bond motifs is 1. The highest BCUT2D eigenvalue weighted by Crippen LogP contribution is 2.25. The molecular weight excluding hydrogens is 240 g/mol. The Labute approximate surface area is 102 Å². The molecule has 17 heavy (non-hydrogen) atoms. The van der Waals surface area contributed by atoms with E-state index in [1.807, 2.05) is 19.1 Å². The molecule has 5 nitrogen and oxygen atoms in total. The van der Waals surface area contributed by atoms with E-state index in [0.717, 1.165) is 28.1 Å². The summed E-state index contributed by atoms with van der Waals surface area (Å²) in [7, 11) is 0. The Bertz CT molecular complexity index is 659. The standard InChI is InChI=1S/C11H9ClN4O/c1-6-9-10(15-13-6)8(14-16-11(9)12)5-7-3-2-4-17-7/h2-4H,5H2,1H3,(H,13,15). The number of hydrogen-bond acceptors (Lipinski definition) is 4. The van der Waals surface area contributed by atoms with Gasteiger partial charge in [-0.05, 0) is 19.1 Å². The molecule has 3 aromatic rings. The van der Waals surface area contributed by atoms with E-state index in [1.54, 1.807) is 6.26 Å². The molecule has 0 bridgehead atoms. The second kappa shape index (κ2) is 3.85. The summed E-state index contributed by atoms with van der Waals surface area (Å²) in [4.78, 5) is 0. The summed E-state index contributed by atoms with van der Waals surface area (Å²) in [6.07, 6.45) is 2.20. The molecule has 0 fully saturated rings. The number of halogens is 1. The van der Waals surface area contributed by atoms with Crippen molar-refractivity contribution in [3.05, 3.63) is 40.7 Å². The van der Waals surface area contributed by atoms with Crippen molar-refractivity contribution in [3.63, 3.8) is 0 Å². The predicted octanol–water partition coefficient (Wildman–Crippen LogP) is 2.50. The van der Waals surface area contributed by atoms with Gasteiger partial charge in [-0.2, -0.15) is 10.2 Å². The molecule has 3 aromatic heterocycles. The lowest BCUT2D eigenvalue weighted by molar-refractivity contribution is 0.519. The molecule has 3 rings (SSSR count). The summed E-state index contributed by atoms with van der Waals surface area (Å²) in [5.41, 5.74) is 2.42. The van der Waals surface area contributed by atoms with Crippen molar-refractivity contribution < 1.29 is 4.42 Å². The lowest BCUT2D eigenvalue weighted by Crippen LogP contribution is -1.96. The molecule has 0 unspecified atom stereocenters. The van der Waals surface area contributed by atoms with Gasteiger partial charge in [0.15, 0.2) is 5.15 Å². The maximum atomic E-state index is 6.00. The number of aromatic amines is 1. The smallest absolute Gasteiger partial charge is 0.162 e. The molecule has 0 aliphatic rings. The third kappa shape index (κ3) is 1.68. The van der Waals surface area contributed by atoms with Gasteiger partial charge in [0, 0.05) is 0 Å². The number of nitrogens with one attached hydrogen (secondary N) is 1. The van der Waals surface area contributed by atoms with Crippen molar-refractivity contribution in [2.75, 3.05) is 0 Å². The van der Waals surface area contributed by atoms with Gasteiger partial charge in [0.25, 0.3) is 0 Å². The van der Waals surface area contributed by atoms with E-state index < -0.39 is 0 Å². The van der Waals surface area contributed by atoms with Crippen molar-refractivity contribution in [2.45, 2.75) is 13.3 Å². The van der Waals surface area contributed by atoms with Gasteiger partial charge in [-0.15, -0.1) is 5.10 Å². The Morgan fingerprint density at radius 1 is 1.41 bits per heavy atom. The van der Waals surface area contributed by atoms with Gasteiger partial charge in [-0.1, -0.05) is 11.6 Å². The third-order valence-corrected chi connectivity index (χ3v) is 2.89. The Morgan fingerprint density at radius 2 is 2.29 bits per heavy atom. The first-order chi connectivity index (χ1) is 8.25. The number of rotatable bonds is 2. The minimum atomic E-state index is 0.370. The highest BCUT2D eigenvalue weighted by atomic mass is 35.5. The molecule has 0 aliphatic carbocycles. The summed E-state index contributed by atoms with van der Waals surface area (Å²) < 4.78 is 5.29. The number of H-pyrrole nitrogens is 1. The lowest BCUT2D eigenvalue weighted by Gasteiger charge is -2.00. The van der Waals surface area contributed by atoms with Gasteiger partial charge in [0.05, 0.1) is 35.0 Å². The van der Waals surface area contributed by atoms with Gasteiger partial charge in [0.2, 0.25) is 0 Å². The average molecular weight is 249 g/mol. The predicted molar refractivity (Wildman–Crippen MR) is 62.9 cm³/mol. The highest BCUT2D eigenvalue weighted by Gasteiger charge is 2.14. The van der Waals surface area contributed by atoms with Gasteiger partial charge in [0.1, 0.15) is 5.76 Å². The minimum absolute atomic E-state index is 0.370. The van der Waals surface area contributed by atoms with Crippen LogP contribution in [0.5, 0.6) is 0 Å². The van der Waals surface area contributed by atoms with Crippen LogP contribution in [0, 0.1) is 6.92 Å². The molecule has 3 heterocycles. The summed E-state index contributed by atoms with van der Waals surface area (Å²) in [5.74, 6) is 0.829. The van der Waals surface area contributed by atoms with Crippen LogP contribution in [0.15, 0.2) is 22.8 Å². The number of aromatic nitrogens is 4. The summed E-state index contributed by atoms with van der Waals surface area (Å²) in [6.45, 7) is 1.88. The number of aryl methyl sites for hydroxylation is 1. The zero-order valence-corrected chi connectivity index (χ0v) is 9.82. The van der Waals surface area contributed by atoms with E-state index in [1.165, 1.54) is 0 Å². The van der Waals surface area contributed by atoms with Crippen molar-refractivity contribution in [3.8, 4) is 0 Å². The SMILES string of the molecule is Cc1n[nH]c2c(Cc3ccco3)nnc(Cl)c12. The monoisotopic (exact) mass is 248 g/mol. The van der Waals surface area contributed by atoms with Gasteiger partial charge in [-0.25, -0.2) is 0 Å². The van der Waals surface area contributed by atoms with Crippen LogP contribution in [-0.2, 0) is 6.42 Å². The second-order valence-corrected chi connectivity index (χ2v) is 4.11. The molecule has 0 amide bonds. The zero-order chi connectivity index (χ0) is 11.8. The Hall–Kier alpha value is -1.88. The first-order valence-electron chi connectivity index (χ1n) is 5.14. The van der Waals surface area contributed by atoms with Crippen LogP contribution in [0.1, 0.15) is 17.1 Å². The van der Waals surface area contributed by atoms with Crippen LogP contribution in [0.2, 0.25) is 5.15 Å². The van der Waals surface area contributed by atoms with Crippen LogP contribution in [-0.4, -0.2) is 20.4 Å². The quantitative estimate of drug-likeness (QED) is 0.757. The molecular formula is C11H9ClN4O. The summed E-state index contributed by atoms with van der Waals surface area (Å²) >= 11 is 6.00. The van der Waals surface area contributed by atoms with E-state index >= 15 is 0 Å². The Morgan fingerprint density at radius 3 is 3.06 bits per heavy atom. The van der Waals surface area contributed by atoms with E-state index in [2.05, 4.69) is 20.4 Å². The molecule has 0 saturated carbocycles. The average Bonchev–Trinajstić information content (AvgIpc) is 2.93. The van der Waals surface area contributed by atoms with Gasteiger partial charge in [-0.3, -0.25) is 5.10 Å².